The van der Waals surface area contributed by atoms with Crippen LogP contribution in [0.1, 0.15) is 83.7 Å². The Labute approximate surface area is 287 Å². The van der Waals surface area contributed by atoms with Crippen LogP contribution >= 0.6 is 0 Å². The van der Waals surface area contributed by atoms with Crippen molar-refractivity contribution in [2.45, 2.75) is 90.6 Å². The number of ketones is 1. The Kier molecular flexibility index (Phi) is 12.2. The number of carbonyl (C=O) groups is 4. The first kappa shape index (κ1) is 37.1. The molecular formula is C37H48N4O8. The number of ether oxygens (including phenoxy) is 4. The minimum absolute atomic E-state index is 0.0671. The predicted molar refractivity (Wildman–Crippen MR) is 182 cm³/mol. The number of hydrogen-bond acceptors (Lipinski definition) is 9. The lowest BCUT2D eigenvalue weighted by atomic mass is 10.0. The SMILES string of the molecule is CCOC(=O)C(c1ccc(OCC)cc1)n1cnc([C@@H]2CC2C(=O)C(COCc2ccccc2)NC(=O)C(C)(C)NC(=O)OC(C)(C)C)c1. The Hall–Kier alpha value is -4.71. The number of nitrogens with zero attached hydrogens (tertiary/aromatic N) is 2. The monoisotopic (exact) mass is 676 g/mol. The van der Waals surface area contributed by atoms with Gasteiger partial charge in [-0.05, 0) is 78.1 Å². The third-order valence-corrected chi connectivity index (χ3v) is 7.90. The standard InChI is InChI=1S/C37H48N4O8/c1-8-47-26-17-15-25(16-18-26)31(33(43)48-9-2)41-20-29(38-23-41)27-19-28(27)32(42)30(22-46-21-24-13-11-10-12-14-24)39-34(44)37(6,7)40-35(45)49-36(3,4)5/h10-18,20,23,27-28,30-31H,8-9,19,21-22H2,1-7H3,(H,39,44)(H,40,45)/t27-,28?,30?,31?/m1/s1. The highest BCUT2D eigenvalue weighted by Gasteiger charge is 2.48. The number of amides is 2. The molecule has 2 N–H and O–H groups in total. The molecule has 0 saturated heterocycles. The molecule has 12 nitrogen and oxygen atoms in total. The second kappa shape index (κ2) is 16.1. The fourth-order valence-electron chi connectivity index (χ4n) is 5.36. The van der Waals surface area contributed by atoms with Crippen molar-refractivity contribution in [2.24, 2.45) is 5.92 Å². The van der Waals surface area contributed by atoms with Crippen molar-refractivity contribution in [1.29, 1.82) is 0 Å². The van der Waals surface area contributed by atoms with Crippen LogP contribution in [-0.2, 0) is 35.2 Å². The van der Waals surface area contributed by atoms with Gasteiger partial charge in [0.2, 0.25) is 5.91 Å². The highest BCUT2D eigenvalue weighted by atomic mass is 16.6. The summed E-state index contributed by atoms with van der Waals surface area (Å²) in [6, 6.07) is 15.0. The van der Waals surface area contributed by atoms with E-state index in [0.717, 1.165) is 5.56 Å². The fraction of sp³-hybridized carbons (Fsp3) is 0.486. The summed E-state index contributed by atoms with van der Waals surface area (Å²) in [6.07, 6.45) is 3.11. The first-order valence-corrected chi connectivity index (χ1v) is 16.6. The highest BCUT2D eigenvalue weighted by Crippen LogP contribution is 2.48. The first-order chi connectivity index (χ1) is 23.2. The third-order valence-electron chi connectivity index (χ3n) is 7.90. The number of nitrogens with one attached hydrogen (secondary N) is 2. The zero-order chi connectivity index (χ0) is 35.8. The van der Waals surface area contributed by atoms with Gasteiger partial charge in [-0.25, -0.2) is 14.6 Å². The molecule has 0 spiro atoms. The molecule has 12 heteroatoms. The Morgan fingerprint density at radius 2 is 1.65 bits per heavy atom. The van der Waals surface area contributed by atoms with Gasteiger partial charge in [0, 0.05) is 18.0 Å². The molecule has 4 atom stereocenters. The molecule has 2 aromatic carbocycles. The minimum Gasteiger partial charge on any atom is -0.494 e. The molecule has 1 aliphatic rings. The summed E-state index contributed by atoms with van der Waals surface area (Å²) in [5.74, 6) is -1.14. The summed E-state index contributed by atoms with van der Waals surface area (Å²) in [5.41, 5.74) is 0.144. The van der Waals surface area contributed by atoms with Crippen LogP contribution in [0.15, 0.2) is 67.1 Å². The van der Waals surface area contributed by atoms with Crippen molar-refractivity contribution < 1.29 is 38.1 Å². The second-order valence-electron chi connectivity index (χ2n) is 13.5. The molecule has 2 amide bonds. The van der Waals surface area contributed by atoms with Crippen LogP contribution in [0.2, 0.25) is 0 Å². The zero-order valence-corrected chi connectivity index (χ0v) is 29.4. The fourth-order valence-corrected chi connectivity index (χ4v) is 5.36. The predicted octanol–water partition coefficient (Wildman–Crippen LogP) is 5.11. The molecule has 0 aliphatic heterocycles. The lowest BCUT2D eigenvalue weighted by Gasteiger charge is -2.29. The summed E-state index contributed by atoms with van der Waals surface area (Å²) >= 11 is 0. The van der Waals surface area contributed by atoms with Gasteiger partial charge in [-0.15, -0.1) is 0 Å². The van der Waals surface area contributed by atoms with Crippen LogP contribution in [-0.4, -0.2) is 70.3 Å². The normalized spacial score (nSPS) is 17.0. The van der Waals surface area contributed by atoms with Gasteiger partial charge >= 0.3 is 12.1 Å². The Morgan fingerprint density at radius 1 is 0.959 bits per heavy atom. The lowest BCUT2D eigenvalue weighted by Crippen LogP contribution is -2.59. The summed E-state index contributed by atoms with van der Waals surface area (Å²) < 4.78 is 23.9. The van der Waals surface area contributed by atoms with Gasteiger partial charge in [0.1, 0.15) is 22.9 Å². The van der Waals surface area contributed by atoms with Gasteiger partial charge in [-0.1, -0.05) is 42.5 Å². The number of aromatic nitrogens is 2. The summed E-state index contributed by atoms with van der Waals surface area (Å²) in [7, 11) is 0. The molecule has 1 fully saturated rings. The third kappa shape index (κ3) is 10.4. The van der Waals surface area contributed by atoms with Gasteiger partial charge < -0.3 is 34.1 Å². The Morgan fingerprint density at radius 3 is 2.29 bits per heavy atom. The molecule has 1 heterocycles. The van der Waals surface area contributed by atoms with Crippen LogP contribution < -0.4 is 15.4 Å². The van der Waals surface area contributed by atoms with Crippen molar-refractivity contribution in [3.05, 3.63) is 83.9 Å². The number of benzene rings is 2. The van der Waals surface area contributed by atoms with E-state index >= 15 is 0 Å². The van der Waals surface area contributed by atoms with Gasteiger partial charge in [-0.2, -0.15) is 0 Å². The number of esters is 1. The van der Waals surface area contributed by atoms with E-state index < -0.39 is 47.1 Å². The molecule has 264 valence electrons. The lowest BCUT2D eigenvalue weighted by molar-refractivity contribution is -0.145. The van der Waals surface area contributed by atoms with E-state index in [0.29, 0.717) is 30.0 Å². The molecule has 49 heavy (non-hydrogen) atoms. The van der Waals surface area contributed by atoms with Crippen LogP contribution in [0, 0.1) is 5.92 Å². The van der Waals surface area contributed by atoms with E-state index in [4.69, 9.17) is 18.9 Å². The maximum atomic E-state index is 13.9. The number of hydrogen-bond donors (Lipinski definition) is 2. The van der Waals surface area contributed by atoms with Crippen molar-refractivity contribution in [3.8, 4) is 5.75 Å². The van der Waals surface area contributed by atoms with Gasteiger partial charge in [0.25, 0.3) is 0 Å². The summed E-state index contributed by atoms with van der Waals surface area (Å²) in [4.78, 5) is 57.5. The molecule has 4 rings (SSSR count). The van der Waals surface area contributed by atoms with Crippen LogP contribution in [0.3, 0.4) is 0 Å². The minimum atomic E-state index is -1.38. The van der Waals surface area contributed by atoms with Crippen molar-refractivity contribution in [1.82, 2.24) is 20.2 Å². The summed E-state index contributed by atoms with van der Waals surface area (Å²) in [5, 5.41) is 5.40. The average molecular weight is 677 g/mol. The molecule has 0 bridgehead atoms. The van der Waals surface area contributed by atoms with Gasteiger partial charge in [0.15, 0.2) is 11.8 Å². The number of Topliss-reactive ketones (excluding diaryl/α,β-unsaturated/α-hetero) is 1. The molecular weight excluding hydrogens is 628 g/mol. The number of rotatable bonds is 16. The maximum absolute atomic E-state index is 13.9. The highest BCUT2D eigenvalue weighted by molar-refractivity contribution is 5.96. The average Bonchev–Trinajstić information content (AvgIpc) is 3.69. The van der Waals surface area contributed by atoms with Crippen LogP contribution in [0.4, 0.5) is 4.79 Å². The zero-order valence-electron chi connectivity index (χ0n) is 29.4. The molecule has 1 aromatic heterocycles. The topological polar surface area (TPSA) is 147 Å². The molecule has 1 aliphatic carbocycles. The largest absolute Gasteiger partial charge is 0.494 e. The number of alkyl carbamates (subject to hydrolysis) is 1. The van der Waals surface area contributed by atoms with Crippen molar-refractivity contribution in [2.75, 3.05) is 19.8 Å². The van der Waals surface area contributed by atoms with E-state index in [-0.39, 0.29) is 31.5 Å². The van der Waals surface area contributed by atoms with E-state index in [1.165, 1.54) is 13.8 Å². The van der Waals surface area contributed by atoms with E-state index in [2.05, 4.69) is 15.6 Å². The Bertz CT molecular complexity index is 1580. The maximum Gasteiger partial charge on any atom is 0.408 e. The van der Waals surface area contributed by atoms with E-state index in [1.807, 2.05) is 49.4 Å². The molecule has 1 saturated carbocycles. The van der Waals surface area contributed by atoms with E-state index in [9.17, 15) is 19.2 Å². The van der Waals surface area contributed by atoms with Crippen molar-refractivity contribution >= 4 is 23.8 Å². The van der Waals surface area contributed by atoms with Crippen LogP contribution in [0.5, 0.6) is 5.75 Å². The number of imidazole rings is 1. The van der Waals surface area contributed by atoms with Gasteiger partial charge in [0.05, 0.1) is 38.4 Å². The smallest absolute Gasteiger partial charge is 0.408 e. The van der Waals surface area contributed by atoms with Crippen LogP contribution in [0.25, 0.3) is 0 Å². The molecule has 0 radical (unpaired) electrons. The molecule has 3 unspecified atom stereocenters. The summed E-state index contributed by atoms with van der Waals surface area (Å²) in [6.45, 7) is 12.8. The Balaban J connectivity index is 1.49. The number of carbonyl (C=O) groups excluding carboxylic acids is 4. The molecule has 3 aromatic rings. The van der Waals surface area contributed by atoms with Crippen molar-refractivity contribution in [3.63, 3.8) is 0 Å². The second-order valence-corrected chi connectivity index (χ2v) is 13.5. The quantitative estimate of drug-likeness (QED) is 0.198. The van der Waals surface area contributed by atoms with Gasteiger partial charge in [-0.3, -0.25) is 9.59 Å². The first-order valence-electron chi connectivity index (χ1n) is 16.6. The van der Waals surface area contributed by atoms with E-state index in [1.54, 1.807) is 56.9 Å².